The average molecular weight is 468 g/mol. The van der Waals surface area contributed by atoms with Gasteiger partial charge in [-0.05, 0) is 59.7 Å². The van der Waals surface area contributed by atoms with E-state index in [-0.39, 0.29) is 30.5 Å². The highest BCUT2D eigenvalue weighted by Crippen LogP contribution is 2.37. The van der Waals surface area contributed by atoms with Gasteiger partial charge < -0.3 is 10.2 Å². The summed E-state index contributed by atoms with van der Waals surface area (Å²) < 4.78 is 15.9. The predicted octanol–water partition coefficient (Wildman–Crippen LogP) is 4.20. The van der Waals surface area contributed by atoms with Gasteiger partial charge in [-0.1, -0.05) is 12.1 Å². The fourth-order valence-electron chi connectivity index (χ4n) is 3.01. The Bertz CT molecular complexity index is 852. The van der Waals surface area contributed by atoms with Gasteiger partial charge in [-0.15, -0.1) is 5.06 Å². The second kappa shape index (κ2) is 7.22. The number of nitrogens with zero attached hydrogens (tertiary/aromatic N) is 1. The molecule has 7 heteroatoms. The molecule has 0 aliphatic carbocycles. The summed E-state index contributed by atoms with van der Waals surface area (Å²) in [5, 5.41) is 3.83. The van der Waals surface area contributed by atoms with Gasteiger partial charge in [0.25, 0.3) is 11.8 Å². The van der Waals surface area contributed by atoms with Gasteiger partial charge in [0, 0.05) is 34.6 Å². The van der Waals surface area contributed by atoms with Crippen molar-refractivity contribution in [3.63, 3.8) is 0 Å². The predicted molar refractivity (Wildman–Crippen MR) is 105 cm³/mol. The van der Waals surface area contributed by atoms with Crippen LogP contribution in [0.3, 0.4) is 0 Å². The van der Waals surface area contributed by atoms with Crippen LogP contribution in [0.2, 0.25) is 0 Å². The van der Waals surface area contributed by atoms with Crippen LogP contribution in [0, 0.1) is 23.2 Å². The van der Waals surface area contributed by atoms with Gasteiger partial charge in [0.15, 0.2) is 5.75 Å². The lowest BCUT2D eigenvalue weighted by molar-refractivity contribution is -0.164. The van der Waals surface area contributed by atoms with Crippen LogP contribution < -0.4 is 10.2 Å². The standard InChI is InChI=1S/C19H18FIN2O3/c1-10-16(17(20)11(2)19(22-3)18(10)21)12-4-6-13(7-5-12)26-23-14(24)8-9-15(23)25/h4-7,22H,8-9H2,1-3H3. The molecule has 0 bridgehead atoms. The number of hydrogen-bond donors (Lipinski definition) is 1. The number of hydrogen-bond acceptors (Lipinski definition) is 4. The van der Waals surface area contributed by atoms with E-state index in [1.54, 1.807) is 38.2 Å². The van der Waals surface area contributed by atoms with Gasteiger partial charge in [-0.2, -0.15) is 0 Å². The molecule has 2 aromatic carbocycles. The lowest BCUT2D eigenvalue weighted by Gasteiger charge is -2.18. The molecule has 1 N–H and O–H groups in total. The van der Waals surface area contributed by atoms with Crippen molar-refractivity contribution in [2.24, 2.45) is 0 Å². The zero-order chi connectivity index (χ0) is 19.0. The maximum Gasteiger partial charge on any atom is 0.263 e. The first kappa shape index (κ1) is 18.6. The Balaban J connectivity index is 1.94. The third-order valence-electron chi connectivity index (χ3n) is 4.44. The molecular formula is C19H18FIN2O3. The van der Waals surface area contributed by atoms with E-state index in [4.69, 9.17) is 4.84 Å². The summed E-state index contributed by atoms with van der Waals surface area (Å²) in [7, 11) is 1.77. The van der Waals surface area contributed by atoms with Gasteiger partial charge >= 0.3 is 0 Å². The molecule has 1 saturated heterocycles. The summed E-state index contributed by atoms with van der Waals surface area (Å²) in [4.78, 5) is 28.6. The maximum absolute atomic E-state index is 14.9. The van der Waals surface area contributed by atoms with Crippen LogP contribution in [0.15, 0.2) is 24.3 Å². The fourth-order valence-corrected chi connectivity index (χ4v) is 3.95. The largest absolute Gasteiger partial charge is 0.387 e. The van der Waals surface area contributed by atoms with E-state index in [9.17, 15) is 14.0 Å². The number of rotatable bonds is 4. The molecule has 1 heterocycles. The minimum atomic E-state index is -0.353. The number of anilines is 1. The lowest BCUT2D eigenvalue weighted by atomic mass is 9.96. The molecule has 0 radical (unpaired) electrons. The molecule has 0 atom stereocenters. The Labute approximate surface area is 164 Å². The van der Waals surface area contributed by atoms with Crippen molar-refractivity contribution < 1.29 is 18.8 Å². The van der Waals surface area contributed by atoms with Crippen molar-refractivity contribution in [2.75, 3.05) is 12.4 Å². The third-order valence-corrected chi connectivity index (χ3v) is 5.79. The molecule has 5 nitrogen and oxygen atoms in total. The molecule has 0 spiro atoms. The Morgan fingerprint density at radius 3 is 2.19 bits per heavy atom. The molecule has 2 amide bonds. The number of carbonyl (C=O) groups is 2. The number of imide groups is 1. The minimum Gasteiger partial charge on any atom is -0.387 e. The summed E-state index contributed by atoms with van der Waals surface area (Å²) >= 11 is 2.21. The number of carbonyl (C=O) groups excluding carboxylic acids is 2. The molecule has 3 rings (SSSR count). The SMILES string of the molecule is CNc1c(C)c(F)c(-c2ccc(ON3C(=O)CCC3=O)cc2)c(C)c1I. The fraction of sp³-hybridized carbons (Fsp3) is 0.263. The molecule has 136 valence electrons. The topological polar surface area (TPSA) is 58.6 Å². The highest BCUT2D eigenvalue weighted by Gasteiger charge is 2.31. The summed E-state index contributed by atoms with van der Waals surface area (Å²) in [5.74, 6) is -0.623. The second-order valence-electron chi connectivity index (χ2n) is 6.08. The monoisotopic (exact) mass is 468 g/mol. The van der Waals surface area contributed by atoms with Crippen LogP contribution in [-0.2, 0) is 9.59 Å². The first-order valence-electron chi connectivity index (χ1n) is 8.15. The molecule has 0 saturated carbocycles. The Morgan fingerprint density at radius 2 is 1.65 bits per heavy atom. The van der Waals surface area contributed by atoms with E-state index in [0.29, 0.717) is 22.4 Å². The van der Waals surface area contributed by atoms with E-state index in [1.165, 1.54) is 0 Å². The van der Waals surface area contributed by atoms with Crippen LogP contribution in [-0.4, -0.2) is 23.9 Å². The Morgan fingerprint density at radius 1 is 1.08 bits per heavy atom. The van der Waals surface area contributed by atoms with E-state index < -0.39 is 0 Å². The molecule has 0 aromatic heterocycles. The van der Waals surface area contributed by atoms with E-state index >= 15 is 0 Å². The number of amides is 2. The zero-order valence-electron chi connectivity index (χ0n) is 14.7. The summed E-state index contributed by atoms with van der Waals surface area (Å²) in [6.07, 6.45) is 0.327. The van der Waals surface area contributed by atoms with Gasteiger partial charge in [-0.3, -0.25) is 9.59 Å². The van der Waals surface area contributed by atoms with Crippen LogP contribution in [0.4, 0.5) is 10.1 Å². The normalized spacial score (nSPS) is 14.1. The summed E-state index contributed by atoms with van der Waals surface area (Å²) in [6, 6.07) is 6.70. The van der Waals surface area contributed by atoms with Crippen LogP contribution >= 0.6 is 22.6 Å². The molecule has 1 fully saturated rings. The number of hydroxylamine groups is 2. The number of benzene rings is 2. The van der Waals surface area contributed by atoms with Gasteiger partial charge in [0.1, 0.15) is 5.82 Å². The lowest BCUT2D eigenvalue weighted by Crippen LogP contribution is -2.32. The second-order valence-corrected chi connectivity index (χ2v) is 7.15. The van der Waals surface area contributed by atoms with Crippen LogP contribution in [0.5, 0.6) is 5.75 Å². The number of halogens is 2. The van der Waals surface area contributed by atoms with Crippen LogP contribution in [0.1, 0.15) is 24.0 Å². The maximum atomic E-state index is 14.9. The average Bonchev–Trinajstić information content (AvgIpc) is 2.94. The molecular weight excluding hydrogens is 450 g/mol. The third kappa shape index (κ3) is 3.15. The molecule has 1 aliphatic rings. The summed E-state index contributed by atoms with van der Waals surface area (Å²) in [6.45, 7) is 3.63. The molecule has 1 aliphatic heterocycles. The highest BCUT2D eigenvalue weighted by molar-refractivity contribution is 14.1. The first-order chi connectivity index (χ1) is 12.3. The van der Waals surface area contributed by atoms with Crippen molar-refractivity contribution >= 4 is 40.1 Å². The van der Waals surface area contributed by atoms with E-state index in [0.717, 1.165) is 19.9 Å². The zero-order valence-corrected chi connectivity index (χ0v) is 16.8. The molecule has 0 unspecified atom stereocenters. The van der Waals surface area contributed by atoms with Gasteiger partial charge in [0.05, 0.1) is 5.69 Å². The molecule has 26 heavy (non-hydrogen) atoms. The summed E-state index contributed by atoms with van der Waals surface area (Å²) in [5.41, 5.74) is 3.43. The van der Waals surface area contributed by atoms with E-state index in [1.807, 2.05) is 6.92 Å². The Kier molecular flexibility index (Phi) is 5.17. The van der Waals surface area contributed by atoms with E-state index in [2.05, 4.69) is 27.9 Å². The van der Waals surface area contributed by atoms with Gasteiger partial charge in [-0.25, -0.2) is 4.39 Å². The number of nitrogens with one attached hydrogen (secondary N) is 1. The van der Waals surface area contributed by atoms with Gasteiger partial charge in [0.2, 0.25) is 0 Å². The van der Waals surface area contributed by atoms with Crippen LogP contribution in [0.25, 0.3) is 11.1 Å². The smallest absolute Gasteiger partial charge is 0.263 e. The van der Waals surface area contributed by atoms with Crippen molar-refractivity contribution in [1.29, 1.82) is 0 Å². The first-order valence-corrected chi connectivity index (χ1v) is 9.23. The van der Waals surface area contributed by atoms with Crippen molar-refractivity contribution in [1.82, 2.24) is 5.06 Å². The Hall–Kier alpha value is -2.16. The molecule has 2 aromatic rings. The minimum absolute atomic E-state index is 0.164. The highest BCUT2D eigenvalue weighted by atomic mass is 127. The van der Waals surface area contributed by atoms with Crippen molar-refractivity contribution in [3.05, 3.63) is 44.8 Å². The van der Waals surface area contributed by atoms with Crippen molar-refractivity contribution in [2.45, 2.75) is 26.7 Å². The van der Waals surface area contributed by atoms with Crippen molar-refractivity contribution in [3.8, 4) is 16.9 Å². The quantitative estimate of drug-likeness (QED) is 0.540.